The Morgan fingerprint density at radius 2 is 1.88 bits per heavy atom. The Labute approximate surface area is 148 Å². The van der Waals surface area contributed by atoms with Crippen molar-refractivity contribution in [3.8, 4) is 0 Å². The Bertz CT molecular complexity index is 568. The summed E-state index contributed by atoms with van der Waals surface area (Å²) in [7, 11) is 2.38. The van der Waals surface area contributed by atoms with Crippen molar-refractivity contribution in [3.05, 3.63) is 11.6 Å². The van der Waals surface area contributed by atoms with E-state index < -0.39 is 0 Å². The third-order valence-corrected chi connectivity index (χ3v) is 9.75. The highest BCUT2D eigenvalue weighted by atomic mass is 15.2. The van der Waals surface area contributed by atoms with Gasteiger partial charge in [-0.15, -0.1) is 0 Å². The lowest BCUT2D eigenvalue weighted by Crippen LogP contribution is -2.52. The molecule has 1 spiro atoms. The number of allylic oxidation sites excluding steroid dienone is 1. The fourth-order valence-electron chi connectivity index (χ4n) is 8.49. The summed E-state index contributed by atoms with van der Waals surface area (Å²) in [4.78, 5) is 2.68. The molecule has 0 bridgehead atoms. The van der Waals surface area contributed by atoms with Crippen LogP contribution in [0.15, 0.2) is 11.6 Å². The maximum Gasteiger partial charge on any atom is 0.00982 e. The smallest absolute Gasteiger partial charge is 0.00982 e. The van der Waals surface area contributed by atoms with Gasteiger partial charge in [-0.1, -0.05) is 18.6 Å². The first-order chi connectivity index (χ1) is 11.5. The van der Waals surface area contributed by atoms with Crippen LogP contribution in [-0.4, -0.2) is 30.6 Å². The van der Waals surface area contributed by atoms with Crippen molar-refractivity contribution >= 4 is 0 Å². The monoisotopic (exact) mass is 328 g/mol. The highest BCUT2D eigenvalue weighted by Crippen LogP contribution is 2.68. The van der Waals surface area contributed by atoms with Gasteiger partial charge < -0.3 is 10.6 Å². The van der Waals surface area contributed by atoms with Gasteiger partial charge in [0, 0.05) is 18.6 Å². The Kier molecular flexibility index (Phi) is 3.37. The van der Waals surface area contributed by atoms with Crippen molar-refractivity contribution in [2.75, 3.05) is 13.6 Å². The summed E-state index contributed by atoms with van der Waals surface area (Å²) >= 11 is 0. The molecule has 1 heterocycles. The molecule has 1 aliphatic heterocycles. The molecular weight excluding hydrogens is 292 g/mol. The SMILES string of the molecule is C[C@@H]1[C@H]2CC[C@@H]3[C@H]4CC=C5C[C@H](N)CC[C@@]5(C)[C@@H]4CC[C@]32CN1C. The number of likely N-dealkylation sites (tertiary alicyclic amines) is 1. The van der Waals surface area contributed by atoms with Gasteiger partial charge in [-0.2, -0.15) is 0 Å². The molecule has 0 aromatic carbocycles. The molecule has 3 saturated carbocycles. The number of rotatable bonds is 0. The standard InChI is InChI=1S/C22H36N2/c1-14-18-6-7-20-17-5-4-15-12-16(23)8-10-21(15,2)19(17)9-11-22(18,20)13-24(14)3/h4,14,16-20H,5-13,23H2,1-3H3/t14-,16-,17+,18-,19-,20-,21-,22-/m1/s1. The Hall–Kier alpha value is -0.340. The fourth-order valence-corrected chi connectivity index (χ4v) is 8.49. The summed E-state index contributed by atoms with van der Waals surface area (Å²) in [5.74, 6) is 3.89. The molecule has 4 fully saturated rings. The normalized spacial score (nSPS) is 56.9. The summed E-state index contributed by atoms with van der Waals surface area (Å²) in [5, 5.41) is 0. The minimum absolute atomic E-state index is 0.427. The Morgan fingerprint density at radius 3 is 2.71 bits per heavy atom. The average molecular weight is 329 g/mol. The van der Waals surface area contributed by atoms with E-state index >= 15 is 0 Å². The first-order valence-corrected chi connectivity index (χ1v) is 10.6. The van der Waals surface area contributed by atoms with Crippen molar-refractivity contribution < 1.29 is 0 Å². The second-order valence-corrected chi connectivity index (χ2v) is 10.4. The molecule has 0 amide bonds. The number of hydrogen-bond acceptors (Lipinski definition) is 2. The zero-order valence-corrected chi connectivity index (χ0v) is 15.9. The second kappa shape index (κ2) is 5.10. The fraction of sp³-hybridized carbons (Fsp3) is 0.909. The van der Waals surface area contributed by atoms with Crippen LogP contribution in [0.25, 0.3) is 0 Å². The Balaban J connectivity index is 1.49. The number of hydrogen-bond donors (Lipinski definition) is 1. The molecule has 0 radical (unpaired) electrons. The van der Waals surface area contributed by atoms with Gasteiger partial charge in [0.1, 0.15) is 0 Å². The van der Waals surface area contributed by atoms with Crippen molar-refractivity contribution in [2.45, 2.75) is 77.3 Å². The van der Waals surface area contributed by atoms with Gasteiger partial charge in [0.15, 0.2) is 0 Å². The Morgan fingerprint density at radius 1 is 1.08 bits per heavy atom. The van der Waals surface area contributed by atoms with E-state index in [0.29, 0.717) is 16.9 Å². The van der Waals surface area contributed by atoms with E-state index in [4.69, 9.17) is 5.73 Å². The molecule has 134 valence electrons. The summed E-state index contributed by atoms with van der Waals surface area (Å²) < 4.78 is 0. The topological polar surface area (TPSA) is 29.3 Å². The molecule has 4 aliphatic carbocycles. The van der Waals surface area contributed by atoms with Crippen LogP contribution in [0.3, 0.4) is 0 Å². The van der Waals surface area contributed by atoms with Gasteiger partial charge >= 0.3 is 0 Å². The lowest BCUT2D eigenvalue weighted by molar-refractivity contribution is -0.0397. The number of nitrogens with two attached hydrogens (primary N) is 1. The summed E-state index contributed by atoms with van der Waals surface area (Å²) in [6.45, 7) is 6.48. The third kappa shape index (κ3) is 1.85. The molecule has 8 atom stereocenters. The molecule has 24 heavy (non-hydrogen) atoms. The van der Waals surface area contributed by atoms with Gasteiger partial charge in [-0.3, -0.25) is 0 Å². The maximum absolute atomic E-state index is 6.31. The molecule has 0 unspecified atom stereocenters. The van der Waals surface area contributed by atoms with Gasteiger partial charge in [0.2, 0.25) is 0 Å². The summed E-state index contributed by atoms with van der Waals surface area (Å²) in [6.07, 6.45) is 13.8. The maximum atomic E-state index is 6.31. The van der Waals surface area contributed by atoms with Crippen molar-refractivity contribution in [2.24, 2.45) is 40.2 Å². The quantitative estimate of drug-likeness (QED) is 0.675. The minimum Gasteiger partial charge on any atom is -0.327 e. The molecule has 0 aromatic rings. The van der Waals surface area contributed by atoms with Crippen molar-refractivity contribution in [1.29, 1.82) is 0 Å². The molecule has 5 aliphatic rings. The lowest BCUT2D eigenvalue weighted by atomic mass is 9.47. The van der Waals surface area contributed by atoms with E-state index in [1.165, 1.54) is 57.9 Å². The summed E-state index contributed by atoms with van der Waals surface area (Å²) in [6, 6.07) is 1.24. The molecule has 2 heteroatoms. The molecule has 2 N–H and O–H groups in total. The number of nitrogens with zero attached hydrogens (tertiary/aromatic N) is 1. The predicted octanol–water partition coefficient (Wildman–Crippen LogP) is 4.21. The van der Waals surface area contributed by atoms with Crippen LogP contribution >= 0.6 is 0 Å². The highest BCUT2D eigenvalue weighted by Gasteiger charge is 2.63. The zero-order valence-electron chi connectivity index (χ0n) is 15.9. The zero-order chi connectivity index (χ0) is 16.7. The van der Waals surface area contributed by atoms with Crippen LogP contribution < -0.4 is 5.73 Å². The van der Waals surface area contributed by atoms with E-state index in [1.807, 2.05) is 0 Å². The van der Waals surface area contributed by atoms with Crippen LogP contribution in [0.4, 0.5) is 0 Å². The van der Waals surface area contributed by atoms with Crippen LogP contribution in [-0.2, 0) is 0 Å². The first kappa shape index (κ1) is 15.9. The van der Waals surface area contributed by atoms with Crippen LogP contribution in [0.2, 0.25) is 0 Å². The van der Waals surface area contributed by atoms with E-state index in [2.05, 4.69) is 31.9 Å². The van der Waals surface area contributed by atoms with E-state index in [0.717, 1.165) is 29.7 Å². The first-order valence-electron chi connectivity index (χ1n) is 10.6. The van der Waals surface area contributed by atoms with Crippen LogP contribution in [0, 0.1) is 34.5 Å². The molecule has 1 saturated heterocycles. The van der Waals surface area contributed by atoms with Gasteiger partial charge in [0.25, 0.3) is 0 Å². The minimum atomic E-state index is 0.427. The molecule has 0 aromatic heterocycles. The highest BCUT2D eigenvalue weighted by molar-refractivity contribution is 5.26. The van der Waals surface area contributed by atoms with E-state index in [1.54, 1.807) is 5.57 Å². The average Bonchev–Trinajstić information content (AvgIpc) is 3.03. The summed E-state index contributed by atoms with van der Waals surface area (Å²) in [5.41, 5.74) is 9.20. The number of fused-ring (bicyclic) bond motifs is 4. The van der Waals surface area contributed by atoms with E-state index in [-0.39, 0.29) is 0 Å². The third-order valence-electron chi connectivity index (χ3n) is 9.75. The van der Waals surface area contributed by atoms with Crippen LogP contribution in [0.1, 0.15) is 65.2 Å². The second-order valence-electron chi connectivity index (χ2n) is 10.4. The van der Waals surface area contributed by atoms with E-state index in [9.17, 15) is 0 Å². The lowest BCUT2D eigenvalue weighted by Gasteiger charge is -2.58. The van der Waals surface area contributed by atoms with Crippen LogP contribution in [0.5, 0.6) is 0 Å². The molecular formula is C22H36N2. The van der Waals surface area contributed by atoms with Crippen molar-refractivity contribution in [1.82, 2.24) is 4.90 Å². The molecule has 5 rings (SSSR count). The van der Waals surface area contributed by atoms with Gasteiger partial charge in [-0.25, -0.2) is 0 Å². The van der Waals surface area contributed by atoms with Gasteiger partial charge in [-0.05, 0) is 99.8 Å². The predicted molar refractivity (Wildman–Crippen MR) is 99.6 cm³/mol. The van der Waals surface area contributed by atoms with Gasteiger partial charge in [0.05, 0.1) is 0 Å². The largest absolute Gasteiger partial charge is 0.327 e. The van der Waals surface area contributed by atoms with Crippen molar-refractivity contribution in [3.63, 3.8) is 0 Å². The molecule has 2 nitrogen and oxygen atoms in total.